The summed E-state index contributed by atoms with van der Waals surface area (Å²) in [6, 6.07) is 13.1. The van der Waals surface area contributed by atoms with E-state index in [-0.39, 0.29) is 18.9 Å². The minimum atomic E-state index is -0.248. The number of hydrogen-bond donors (Lipinski definition) is 0. The number of amides is 1. The third-order valence-electron chi connectivity index (χ3n) is 3.83. The lowest BCUT2D eigenvalue weighted by Gasteiger charge is -2.05. The molecule has 0 unspecified atom stereocenters. The fraction of sp³-hybridized carbons (Fsp3) is 0.200. The van der Waals surface area contributed by atoms with E-state index in [1.54, 1.807) is 0 Å². The maximum atomic E-state index is 12.3. The van der Waals surface area contributed by atoms with Crippen LogP contribution in [0.25, 0.3) is 10.2 Å². The van der Waals surface area contributed by atoms with Gasteiger partial charge in [0.1, 0.15) is 5.75 Å². The van der Waals surface area contributed by atoms with Crippen molar-refractivity contribution >= 4 is 39.1 Å². The molecule has 1 heterocycles. The second kappa shape index (κ2) is 8.22. The lowest BCUT2D eigenvalue weighted by Crippen LogP contribution is -2.17. The molecule has 132 valence electrons. The van der Waals surface area contributed by atoms with E-state index in [1.807, 2.05) is 54.0 Å². The molecule has 0 N–H and O–H groups in total. The average Bonchev–Trinajstić information content (AvgIpc) is 2.97. The molecule has 0 saturated carbocycles. The molecule has 6 heteroatoms. The van der Waals surface area contributed by atoms with Gasteiger partial charge in [-0.25, -0.2) is 0 Å². The van der Waals surface area contributed by atoms with Gasteiger partial charge in [0.25, 0.3) is 5.91 Å². The van der Waals surface area contributed by atoms with Crippen molar-refractivity contribution in [3.8, 4) is 18.1 Å². The number of benzene rings is 2. The molecular formula is C20H17ClN2O2S. The van der Waals surface area contributed by atoms with Gasteiger partial charge in [0.05, 0.1) is 29.8 Å². The van der Waals surface area contributed by atoms with Crippen LogP contribution in [0.2, 0.25) is 5.02 Å². The summed E-state index contributed by atoms with van der Waals surface area (Å²) in [4.78, 5) is 17.1. The van der Waals surface area contributed by atoms with E-state index in [2.05, 4.69) is 10.9 Å². The lowest BCUT2D eigenvalue weighted by atomic mass is 10.2. The van der Waals surface area contributed by atoms with Crippen LogP contribution in [0.1, 0.15) is 12.0 Å². The Bertz CT molecular complexity index is 1050. The van der Waals surface area contributed by atoms with E-state index >= 15 is 0 Å². The van der Waals surface area contributed by atoms with Gasteiger partial charge in [-0.05, 0) is 36.8 Å². The highest BCUT2D eigenvalue weighted by atomic mass is 35.5. The van der Waals surface area contributed by atoms with Crippen LogP contribution in [-0.2, 0) is 11.3 Å². The van der Waals surface area contributed by atoms with Crippen LogP contribution >= 0.6 is 22.9 Å². The quantitative estimate of drug-likeness (QED) is 0.619. The SMILES string of the molecule is C#CCn1c(=NC(=O)CCOc2ccccc2)sc2ccc(Cl)c(C)c21. The number of rotatable bonds is 5. The number of ether oxygens (including phenoxy) is 1. The first-order valence-electron chi connectivity index (χ1n) is 8.07. The van der Waals surface area contributed by atoms with E-state index < -0.39 is 0 Å². The molecule has 0 aliphatic rings. The third-order valence-corrected chi connectivity index (χ3v) is 5.28. The molecule has 0 aliphatic heterocycles. The summed E-state index contributed by atoms with van der Waals surface area (Å²) in [7, 11) is 0. The van der Waals surface area contributed by atoms with Gasteiger partial charge in [-0.2, -0.15) is 4.99 Å². The van der Waals surface area contributed by atoms with Crippen molar-refractivity contribution in [3.05, 3.63) is 57.9 Å². The molecule has 0 spiro atoms. The van der Waals surface area contributed by atoms with Crippen LogP contribution in [0.3, 0.4) is 0 Å². The van der Waals surface area contributed by atoms with E-state index in [9.17, 15) is 4.79 Å². The zero-order chi connectivity index (χ0) is 18.5. The number of aromatic nitrogens is 1. The van der Waals surface area contributed by atoms with Crippen molar-refractivity contribution in [2.24, 2.45) is 4.99 Å². The molecule has 0 bridgehead atoms. The topological polar surface area (TPSA) is 43.6 Å². The van der Waals surface area contributed by atoms with Crippen LogP contribution < -0.4 is 9.54 Å². The number of carbonyl (C=O) groups excluding carboxylic acids is 1. The number of carbonyl (C=O) groups is 1. The van der Waals surface area contributed by atoms with Crippen molar-refractivity contribution in [3.63, 3.8) is 0 Å². The Hall–Kier alpha value is -2.55. The Balaban J connectivity index is 1.84. The van der Waals surface area contributed by atoms with Crippen molar-refractivity contribution in [2.45, 2.75) is 19.9 Å². The van der Waals surface area contributed by atoms with Crippen LogP contribution in [-0.4, -0.2) is 17.1 Å². The molecule has 0 fully saturated rings. The Labute approximate surface area is 160 Å². The van der Waals surface area contributed by atoms with Crippen LogP contribution in [0, 0.1) is 19.3 Å². The van der Waals surface area contributed by atoms with E-state index in [1.165, 1.54) is 11.3 Å². The fourth-order valence-corrected chi connectivity index (χ4v) is 3.83. The van der Waals surface area contributed by atoms with Crippen molar-refractivity contribution in [1.82, 2.24) is 4.57 Å². The van der Waals surface area contributed by atoms with Crippen molar-refractivity contribution < 1.29 is 9.53 Å². The molecule has 3 rings (SSSR count). The first-order chi connectivity index (χ1) is 12.6. The number of halogens is 1. The lowest BCUT2D eigenvalue weighted by molar-refractivity contribution is -0.118. The number of fused-ring (bicyclic) bond motifs is 1. The Kier molecular flexibility index (Phi) is 5.77. The summed E-state index contributed by atoms with van der Waals surface area (Å²) >= 11 is 7.65. The molecule has 0 aliphatic carbocycles. The largest absolute Gasteiger partial charge is 0.493 e. The van der Waals surface area contributed by atoms with Gasteiger partial charge in [0.15, 0.2) is 4.80 Å². The maximum Gasteiger partial charge on any atom is 0.251 e. The molecular weight excluding hydrogens is 368 g/mol. The van der Waals surface area contributed by atoms with Gasteiger partial charge >= 0.3 is 0 Å². The smallest absolute Gasteiger partial charge is 0.251 e. The van der Waals surface area contributed by atoms with Crippen LogP contribution in [0.15, 0.2) is 47.5 Å². The van der Waals surface area contributed by atoms with E-state index in [0.717, 1.165) is 21.5 Å². The number of terminal acetylenes is 1. The molecule has 0 atom stereocenters. The number of hydrogen-bond acceptors (Lipinski definition) is 3. The molecule has 4 nitrogen and oxygen atoms in total. The van der Waals surface area contributed by atoms with Gasteiger partial charge in [-0.1, -0.05) is 47.1 Å². The van der Waals surface area contributed by atoms with Crippen LogP contribution in [0.4, 0.5) is 0 Å². The molecule has 0 radical (unpaired) electrons. The number of thiazole rings is 1. The summed E-state index contributed by atoms with van der Waals surface area (Å²) in [6.07, 6.45) is 5.69. The predicted molar refractivity (Wildman–Crippen MR) is 106 cm³/mol. The Morgan fingerprint density at radius 1 is 1.31 bits per heavy atom. The van der Waals surface area contributed by atoms with Crippen molar-refractivity contribution in [1.29, 1.82) is 0 Å². The second-order valence-corrected chi connectivity index (χ2v) is 7.03. The Morgan fingerprint density at radius 2 is 2.08 bits per heavy atom. The Morgan fingerprint density at radius 3 is 2.81 bits per heavy atom. The monoisotopic (exact) mass is 384 g/mol. The van der Waals surface area contributed by atoms with Crippen LogP contribution in [0.5, 0.6) is 5.75 Å². The molecule has 26 heavy (non-hydrogen) atoms. The third kappa shape index (κ3) is 3.98. The molecule has 1 amide bonds. The van der Waals surface area contributed by atoms with Gasteiger partial charge in [0, 0.05) is 5.02 Å². The van der Waals surface area contributed by atoms with E-state index in [4.69, 9.17) is 22.8 Å². The summed E-state index contributed by atoms with van der Waals surface area (Å²) in [5.41, 5.74) is 1.85. The summed E-state index contributed by atoms with van der Waals surface area (Å²) in [5, 5.41) is 0.662. The normalized spacial score (nSPS) is 11.5. The zero-order valence-electron chi connectivity index (χ0n) is 14.2. The molecule has 1 aromatic heterocycles. The summed E-state index contributed by atoms with van der Waals surface area (Å²) in [5.74, 6) is 3.10. The number of nitrogens with zero attached hydrogens (tertiary/aromatic N) is 2. The van der Waals surface area contributed by atoms with Gasteiger partial charge in [-0.3, -0.25) is 4.79 Å². The first kappa shape index (κ1) is 18.2. The predicted octanol–water partition coefficient (Wildman–Crippen LogP) is 4.19. The molecule has 2 aromatic carbocycles. The second-order valence-electron chi connectivity index (χ2n) is 5.61. The van der Waals surface area contributed by atoms with Gasteiger partial charge < -0.3 is 9.30 Å². The van der Waals surface area contributed by atoms with Crippen molar-refractivity contribution in [2.75, 3.05) is 6.61 Å². The highest BCUT2D eigenvalue weighted by Gasteiger charge is 2.11. The average molecular weight is 385 g/mol. The minimum Gasteiger partial charge on any atom is -0.493 e. The fourth-order valence-electron chi connectivity index (χ4n) is 2.57. The van der Waals surface area contributed by atoms with E-state index in [0.29, 0.717) is 16.4 Å². The summed E-state index contributed by atoms with van der Waals surface area (Å²) in [6.45, 7) is 2.54. The molecule has 0 saturated heterocycles. The summed E-state index contributed by atoms with van der Waals surface area (Å²) < 4.78 is 8.40. The van der Waals surface area contributed by atoms with Gasteiger partial charge in [-0.15, -0.1) is 6.42 Å². The molecule has 3 aromatic rings. The highest BCUT2D eigenvalue weighted by molar-refractivity contribution is 7.16. The highest BCUT2D eigenvalue weighted by Crippen LogP contribution is 2.27. The van der Waals surface area contributed by atoms with Gasteiger partial charge in [0.2, 0.25) is 0 Å². The standard InChI is InChI=1S/C20H17ClN2O2S/c1-3-12-23-19-14(2)16(21)9-10-17(19)26-20(23)22-18(24)11-13-25-15-7-5-4-6-8-15/h1,4-10H,11-13H2,2H3. The maximum absolute atomic E-state index is 12.3. The first-order valence-corrected chi connectivity index (χ1v) is 9.27. The number of para-hydroxylation sites is 1. The number of aryl methyl sites for hydroxylation is 1. The zero-order valence-corrected chi connectivity index (χ0v) is 15.8. The minimum absolute atomic E-state index is 0.193.